The first-order valence-corrected chi connectivity index (χ1v) is 11.7. The Kier molecular flexibility index (Phi) is 6.34. The van der Waals surface area contributed by atoms with Gasteiger partial charge in [0.05, 0.1) is 14.5 Å². The van der Waals surface area contributed by atoms with E-state index in [-0.39, 0.29) is 18.0 Å². The number of aromatic nitrogens is 1. The highest BCUT2D eigenvalue weighted by Gasteiger charge is 2.20. The molecule has 4 rings (SSSR count). The van der Waals surface area contributed by atoms with Crippen LogP contribution in [0.5, 0.6) is 0 Å². The van der Waals surface area contributed by atoms with E-state index in [2.05, 4.69) is 15.0 Å². The zero-order chi connectivity index (χ0) is 20.2. The number of carbonyl (C=O) groups is 1. The van der Waals surface area contributed by atoms with Crippen molar-refractivity contribution >= 4 is 38.3 Å². The van der Waals surface area contributed by atoms with Crippen molar-refractivity contribution in [3.05, 3.63) is 59.2 Å². The number of amides is 1. The molecule has 152 valence electrons. The van der Waals surface area contributed by atoms with Gasteiger partial charge in [0.25, 0.3) is 5.91 Å². The van der Waals surface area contributed by atoms with Crippen molar-refractivity contribution < 1.29 is 9.00 Å². The Hall–Kier alpha value is -2.13. The van der Waals surface area contributed by atoms with Gasteiger partial charge in [-0.2, -0.15) is 0 Å². The van der Waals surface area contributed by atoms with Gasteiger partial charge in [0.2, 0.25) is 0 Å². The van der Waals surface area contributed by atoms with Crippen molar-refractivity contribution in [1.29, 1.82) is 0 Å². The third-order valence-electron chi connectivity index (χ3n) is 5.18. The van der Waals surface area contributed by atoms with Gasteiger partial charge in [0.15, 0.2) is 0 Å². The lowest BCUT2D eigenvalue weighted by Crippen LogP contribution is -2.38. The third kappa shape index (κ3) is 5.08. The normalized spacial score (nSPS) is 20.4. The molecule has 2 heterocycles. The van der Waals surface area contributed by atoms with Gasteiger partial charge >= 0.3 is 0 Å². The lowest BCUT2D eigenvalue weighted by atomic mass is 9.93. The van der Waals surface area contributed by atoms with Gasteiger partial charge in [0.1, 0.15) is 11.0 Å². The highest BCUT2D eigenvalue weighted by atomic mass is 32.2. The van der Waals surface area contributed by atoms with E-state index in [9.17, 15) is 9.00 Å². The molecule has 4 N–H and O–H groups in total. The number of hydrogen-bond acceptors (Lipinski definition) is 5. The second kappa shape index (κ2) is 9.13. The number of nitrogens with two attached hydrogens (primary N) is 1. The van der Waals surface area contributed by atoms with Gasteiger partial charge in [-0.3, -0.25) is 9.78 Å². The number of thiophene rings is 1. The zero-order valence-corrected chi connectivity index (χ0v) is 17.6. The molecule has 3 aromatic rings. The van der Waals surface area contributed by atoms with Crippen LogP contribution in [-0.4, -0.2) is 27.2 Å². The molecule has 1 aliphatic rings. The first-order chi connectivity index (χ1) is 14.1. The maximum Gasteiger partial charge on any atom is 0.261 e. The molecule has 0 radical (unpaired) electrons. The van der Waals surface area contributed by atoms with E-state index in [4.69, 9.17) is 5.73 Å². The number of fused-ring (bicyclic) bond motifs is 1. The van der Waals surface area contributed by atoms with Crippen LogP contribution < -0.4 is 15.8 Å². The van der Waals surface area contributed by atoms with E-state index in [0.717, 1.165) is 46.2 Å². The maximum absolute atomic E-state index is 12.5. The predicted octanol–water partition coefficient (Wildman–Crippen LogP) is 3.11. The number of nitrogens with one attached hydrogen (secondary N) is 2. The average Bonchev–Trinajstić information content (AvgIpc) is 3.18. The van der Waals surface area contributed by atoms with Gasteiger partial charge in [0, 0.05) is 31.0 Å². The quantitative estimate of drug-likeness (QED) is 0.562. The van der Waals surface area contributed by atoms with Gasteiger partial charge in [-0.05, 0) is 60.9 Å². The third-order valence-corrected chi connectivity index (χ3v) is 7.51. The molecular formula is C21H24N4O2S2. The number of rotatable bonds is 6. The van der Waals surface area contributed by atoms with Crippen molar-refractivity contribution in [3.8, 4) is 0 Å². The van der Waals surface area contributed by atoms with Crippen LogP contribution in [0.4, 0.5) is 0 Å². The van der Waals surface area contributed by atoms with Crippen molar-refractivity contribution in [2.45, 2.75) is 49.2 Å². The number of hydrogen-bond donors (Lipinski definition) is 3. The highest BCUT2D eigenvalue weighted by molar-refractivity contribution is 7.83. The molecular weight excluding hydrogens is 404 g/mol. The topological polar surface area (TPSA) is 97.1 Å². The van der Waals surface area contributed by atoms with Crippen LogP contribution in [0, 0.1) is 0 Å². The first-order valence-electron chi connectivity index (χ1n) is 9.73. The van der Waals surface area contributed by atoms with Crippen molar-refractivity contribution in [1.82, 2.24) is 15.0 Å². The highest BCUT2D eigenvalue weighted by Crippen LogP contribution is 2.24. The predicted molar refractivity (Wildman–Crippen MR) is 117 cm³/mol. The average molecular weight is 429 g/mol. The summed E-state index contributed by atoms with van der Waals surface area (Å²) in [5, 5.41) is 3.97. The second-order valence-electron chi connectivity index (χ2n) is 7.35. The lowest BCUT2D eigenvalue weighted by Gasteiger charge is -2.26. The Morgan fingerprint density at radius 1 is 1.17 bits per heavy atom. The molecule has 0 aliphatic heterocycles. The molecule has 6 nitrogen and oxygen atoms in total. The molecule has 1 saturated carbocycles. The molecule has 0 bridgehead atoms. The maximum atomic E-state index is 12.5. The van der Waals surface area contributed by atoms with E-state index in [1.54, 1.807) is 12.4 Å². The number of benzene rings is 1. The van der Waals surface area contributed by atoms with Crippen molar-refractivity contribution in [2.24, 2.45) is 5.73 Å². The first kappa shape index (κ1) is 20.2. The molecule has 29 heavy (non-hydrogen) atoms. The fourth-order valence-corrected chi connectivity index (χ4v) is 5.46. The van der Waals surface area contributed by atoms with Crippen LogP contribution in [0.2, 0.25) is 0 Å². The molecule has 1 aliphatic carbocycles. The van der Waals surface area contributed by atoms with E-state index in [1.807, 2.05) is 36.4 Å². The van der Waals surface area contributed by atoms with Gasteiger partial charge in [-0.25, -0.2) is 8.93 Å². The Morgan fingerprint density at radius 3 is 2.66 bits per heavy atom. The second-order valence-corrected chi connectivity index (χ2v) is 9.68. The number of nitrogens with zero attached hydrogens (tertiary/aromatic N) is 1. The van der Waals surface area contributed by atoms with Crippen LogP contribution in [-0.2, 0) is 17.5 Å². The minimum atomic E-state index is -1.23. The summed E-state index contributed by atoms with van der Waals surface area (Å²) in [6, 6.07) is 11.8. The molecule has 1 fully saturated rings. The zero-order valence-electron chi connectivity index (χ0n) is 16.0. The molecule has 1 aromatic carbocycles. The minimum absolute atomic E-state index is 0.101. The van der Waals surface area contributed by atoms with Crippen LogP contribution in [0.1, 0.15) is 40.9 Å². The van der Waals surface area contributed by atoms with E-state index in [0.29, 0.717) is 11.4 Å². The Labute approximate surface area is 176 Å². The van der Waals surface area contributed by atoms with E-state index < -0.39 is 11.0 Å². The summed E-state index contributed by atoms with van der Waals surface area (Å²) < 4.78 is 16.7. The lowest BCUT2D eigenvalue weighted by molar-refractivity contribution is 0.0955. The summed E-state index contributed by atoms with van der Waals surface area (Å²) in [6.45, 7) is 0.423. The Balaban J connectivity index is 1.31. The summed E-state index contributed by atoms with van der Waals surface area (Å²) >= 11 is 1.43. The molecule has 2 aromatic heterocycles. The van der Waals surface area contributed by atoms with Crippen LogP contribution in [0.15, 0.2) is 53.7 Å². The van der Waals surface area contributed by atoms with Gasteiger partial charge in [-0.1, -0.05) is 12.1 Å². The van der Waals surface area contributed by atoms with Gasteiger partial charge in [-0.15, -0.1) is 11.3 Å². The van der Waals surface area contributed by atoms with E-state index >= 15 is 0 Å². The van der Waals surface area contributed by atoms with Crippen LogP contribution in [0.25, 0.3) is 10.1 Å². The summed E-state index contributed by atoms with van der Waals surface area (Å²) in [6.07, 6.45) is 7.37. The Bertz CT molecular complexity index is 978. The summed E-state index contributed by atoms with van der Waals surface area (Å²) in [7, 11) is -1.23. The SMILES string of the molecule is NC1CCC(NS(=O)c2ccc(CNC(=O)c3cc4ccncc4s3)cc2)CC1. The Morgan fingerprint density at radius 2 is 1.93 bits per heavy atom. The molecule has 0 spiro atoms. The standard InChI is InChI=1S/C21H24N4O2S2/c22-16-3-5-17(6-4-16)25-29(27)18-7-1-14(2-8-18)12-24-21(26)19-11-15-9-10-23-13-20(15)28-19/h1-2,7-11,13,16-17,25H,3-6,12,22H2,(H,24,26). The van der Waals surface area contributed by atoms with Crippen molar-refractivity contribution in [2.75, 3.05) is 0 Å². The largest absolute Gasteiger partial charge is 0.347 e. The minimum Gasteiger partial charge on any atom is -0.347 e. The number of pyridine rings is 1. The molecule has 8 heteroatoms. The molecule has 1 amide bonds. The molecule has 0 saturated heterocycles. The van der Waals surface area contributed by atoms with Crippen molar-refractivity contribution in [3.63, 3.8) is 0 Å². The molecule has 1 atom stereocenters. The summed E-state index contributed by atoms with van der Waals surface area (Å²) in [5.74, 6) is -0.101. The summed E-state index contributed by atoms with van der Waals surface area (Å²) in [5.41, 5.74) is 6.89. The smallest absolute Gasteiger partial charge is 0.261 e. The van der Waals surface area contributed by atoms with Crippen LogP contribution in [0.3, 0.4) is 0 Å². The monoisotopic (exact) mass is 428 g/mol. The van der Waals surface area contributed by atoms with Crippen LogP contribution >= 0.6 is 11.3 Å². The number of carbonyl (C=O) groups excluding carboxylic acids is 1. The van der Waals surface area contributed by atoms with Gasteiger partial charge < -0.3 is 11.1 Å². The fraction of sp³-hybridized carbons (Fsp3) is 0.333. The molecule has 1 unspecified atom stereocenters. The summed E-state index contributed by atoms with van der Waals surface area (Å²) in [4.78, 5) is 17.9. The fourth-order valence-electron chi connectivity index (χ4n) is 3.45. The van der Waals surface area contributed by atoms with E-state index in [1.165, 1.54) is 11.3 Å².